The number of piperidine rings is 1. The first-order chi connectivity index (χ1) is 13.5. The first kappa shape index (κ1) is 21.2. The highest BCUT2D eigenvalue weighted by atomic mass is 16.3. The minimum Gasteiger partial charge on any atom is -0.504 e. The molecule has 28 heavy (non-hydrogen) atoms. The highest BCUT2D eigenvalue weighted by molar-refractivity contribution is 5.94. The summed E-state index contributed by atoms with van der Waals surface area (Å²) in [7, 11) is 0. The molecule has 0 aliphatic carbocycles. The molecule has 0 unspecified atom stereocenters. The van der Waals surface area contributed by atoms with Gasteiger partial charge in [0.05, 0.1) is 0 Å². The Kier molecular flexibility index (Phi) is 8.30. The van der Waals surface area contributed by atoms with Crippen LogP contribution in [0, 0.1) is 5.92 Å². The molecule has 1 amide bonds. The van der Waals surface area contributed by atoms with Crippen LogP contribution < -0.4 is 5.32 Å². The van der Waals surface area contributed by atoms with E-state index in [2.05, 4.69) is 34.5 Å². The number of aromatic hydroxyl groups is 2. The molecule has 0 atom stereocenters. The summed E-state index contributed by atoms with van der Waals surface area (Å²) in [5, 5.41) is 28.6. The van der Waals surface area contributed by atoms with Gasteiger partial charge in [0.15, 0.2) is 11.5 Å². The van der Waals surface area contributed by atoms with Crippen LogP contribution in [0.2, 0.25) is 0 Å². The largest absolute Gasteiger partial charge is 0.504 e. The molecular weight excluding hydrogens is 360 g/mol. The zero-order chi connectivity index (χ0) is 20.4. The molecule has 0 aromatic heterocycles. The number of rotatable bonds is 5. The van der Waals surface area contributed by atoms with Gasteiger partial charge in [0, 0.05) is 18.7 Å². The third kappa shape index (κ3) is 6.59. The number of hydrogen-bond acceptors (Lipinski definition) is 5. The van der Waals surface area contributed by atoms with Crippen molar-refractivity contribution in [3.8, 4) is 11.5 Å². The number of likely N-dealkylation sites (tertiary alicyclic amines) is 1. The first-order valence-electron chi connectivity index (χ1n) is 9.17. The molecule has 1 fully saturated rings. The molecule has 0 bridgehead atoms. The van der Waals surface area contributed by atoms with Gasteiger partial charge in [-0.3, -0.25) is 14.5 Å². The monoisotopic (exact) mass is 386 g/mol. The Morgan fingerprint density at radius 2 is 1.71 bits per heavy atom. The molecule has 1 heterocycles. The van der Waals surface area contributed by atoms with Crippen molar-refractivity contribution in [2.24, 2.45) is 5.92 Å². The Balaban J connectivity index is 0.000000878. The van der Waals surface area contributed by atoms with Gasteiger partial charge in [-0.15, -0.1) is 0 Å². The van der Waals surface area contributed by atoms with E-state index in [0.717, 1.165) is 32.5 Å². The smallest absolute Gasteiger partial charge is 0.290 e. The Morgan fingerprint density at radius 3 is 2.32 bits per heavy atom. The maximum absolute atomic E-state index is 12.1. The van der Waals surface area contributed by atoms with Crippen LogP contribution in [0.3, 0.4) is 0 Å². The van der Waals surface area contributed by atoms with Crippen LogP contribution in [-0.4, -0.2) is 52.2 Å². The molecule has 0 saturated carbocycles. The van der Waals surface area contributed by atoms with Crippen molar-refractivity contribution >= 4 is 12.4 Å². The quantitative estimate of drug-likeness (QED) is 0.464. The average molecular weight is 386 g/mol. The lowest BCUT2D eigenvalue weighted by Gasteiger charge is -2.32. The summed E-state index contributed by atoms with van der Waals surface area (Å²) in [6, 6.07) is 14.6. The van der Waals surface area contributed by atoms with E-state index >= 15 is 0 Å². The van der Waals surface area contributed by atoms with E-state index in [4.69, 9.17) is 9.90 Å². The minimum atomic E-state index is -0.276. The third-order valence-electron chi connectivity index (χ3n) is 4.75. The summed E-state index contributed by atoms with van der Waals surface area (Å²) < 4.78 is 0. The number of hydrogen-bond donors (Lipinski definition) is 4. The zero-order valence-corrected chi connectivity index (χ0v) is 15.6. The molecule has 1 saturated heterocycles. The maximum Gasteiger partial charge on any atom is 0.290 e. The van der Waals surface area contributed by atoms with Gasteiger partial charge in [0.2, 0.25) is 0 Å². The molecule has 4 N–H and O–H groups in total. The highest BCUT2D eigenvalue weighted by Crippen LogP contribution is 2.25. The van der Waals surface area contributed by atoms with Crippen LogP contribution in [0.5, 0.6) is 11.5 Å². The first-order valence-corrected chi connectivity index (χ1v) is 9.17. The van der Waals surface area contributed by atoms with Crippen LogP contribution in [0.1, 0.15) is 28.8 Å². The molecule has 0 radical (unpaired) electrons. The van der Waals surface area contributed by atoms with E-state index < -0.39 is 0 Å². The van der Waals surface area contributed by atoms with Gasteiger partial charge >= 0.3 is 0 Å². The molecule has 3 rings (SSSR count). The lowest BCUT2D eigenvalue weighted by atomic mass is 9.96. The minimum absolute atomic E-state index is 0.220. The number of carbonyl (C=O) groups excluding carboxylic acids is 1. The summed E-state index contributed by atoms with van der Waals surface area (Å²) in [5.74, 6) is -0.243. The van der Waals surface area contributed by atoms with Crippen LogP contribution in [0.4, 0.5) is 0 Å². The standard InChI is InChI=1S/C20H24N2O3.CH2O2/c23-18-7-6-17(12-19(18)24)20(25)21-13-15-8-10-22(11-9-15)14-16-4-2-1-3-5-16;2-1-3/h1-7,12,15,23-24H,8-11,13-14H2,(H,21,25);1H,(H,2,3). The Hall–Kier alpha value is -3.06. The topological polar surface area (TPSA) is 110 Å². The molecule has 150 valence electrons. The highest BCUT2D eigenvalue weighted by Gasteiger charge is 2.20. The predicted octanol–water partition coefficient (Wildman–Crippen LogP) is 2.44. The molecule has 7 nitrogen and oxygen atoms in total. The molecule has 7 heteroatoms. The van der Waals surface area contributed by atoms with Gasteiger partial charge in [-0.2, -0.15) is 0 Å². The summed E-state index contributed by atoms with van der Waals surface area (Å²) in [5.41, 5.74) is 1.69. The Labute approximate surface area is 164 Å². The Bertz CT molecular complexity index is 759. The molecule has 1 aliphatic rings. The van der Waals surface area contributed by atoms with Crippen LogP contribution >= 0.6 is 0 Å². The fourth-order valence-electron chi connectivity index (χ4n) is 3.19. The molecule has 2 aromatic rings. The van der Waals surface area contributed by atoms with E-state index in [1.165, 1.54) is 23.8 Å². The van der Waals surface area contributed by atoms with Crippen molar-refractivity contribution in [1.29, 1.82) is 0 Å². The van der Waals surface area contributed by atoms with Crippen LogP contribution in [0.25, 0.3) is 0 Å². The van der Waals surface area contributed by atoms with Crippen molar-refractivity contribution < 1.29 is 24.9 Å². The second kappa shape index (κ2) is 10.9. The second-order valence-corrected chi connectivity index (χ2v) is 6.72. The average Bonchev–Trinajstić information content (AvgIpc) is 2.71. The van der Waals surface area contributed by atoms with Crippen LogP contribution in [0.15, 0.2) is 48.5 Å². The van der Waals surface area contributed by atoms with Crippen molar-refractivity contribution in [2.45, 2.75) is 19.4 Å². The van der Waals surface area contributed by atoms with E-state index in [-0.39, 0.29) is 23.9 Å². The normalized spacial score (nSPS) is 14.6. The van der Waals surface area contributed by atoms with Crippen LogP contribution in [-0.2, 0) is 11.3 Å². The maximum atomic E-state index is 12.1. The van der Waals surface area contributed by atoms with Gasteiger partial charge in [-0.1, -0.05) is 30.3 Å². The number of nitrogens with one attached hydrogen (secondary N) is 1. The fourth-order valence-corrected chi connectivity index (χ4v) is 3.19. The van der Waals surface area contributed by atoms with Gasteiger partial charge in [-0.05, 0) is 55.6 Å². The number of nitrogens with zero attached hydrogens (tertiary/aromatic N) is 1. The van der Waals surface area contributed by atoms with Gasteiger partial charge in [0.25, 0.3) is 12.4 Å². The van der Waals surface area contributed by atoms with E-state index in [0.29, 0.717) is 18.0 Å². The Morgan fingerprint density at radius 1 is 1.07 bits per heavy atom. The number of phenolic OH excluding ortho intramolecular Hbond substituents is 2. The van der Waals surface area contributed by atoms with Gasteiger partial charge in [0.1, 0.15) is 0 Å². The van der Waals surface area contributed by atoms with Crippen molar-refractivity contribution in [3.05, 3.63) is 59.7 Å². The zero-order valence-electron chi connectivity index (χ0n) is 15.6. The summed E-state index contributed by atoms with van der Waals surface area (Å²) in [6.45, 7) is 3.44. The predicted molar refractivity (Wildman–Crippen MR) is 105 cm³/mol. The molecule has 1 aliphatic heterocycles. The van der Waals surface area contributed by atoms with E-state index in [1.54, 1.807) is 0 Å². The van der Waals surface area contributed by atoms with Crippen molar-refractivity contribution in [1.82, 2.24) is 10.2 Å². The lowest BCUT2D eigenvalue weighted by molar-refractivity contribution is -0.122. The molecule has 2 aromatic carbocycles. The fraction of sp³-hybridized carbons (Fsp3) is 0.333. The van der Waals surface area contributed by atoms with Gasteiger partial charge < -0.3 is 20.6 Å². The number of benzene rings is 2. The number of phenols is 2. The summed E-state index contributed by atoms with van der Waals surface area (Å²) in [6.07, 6.45) is 2.13. The number of carboxylic acid groups (broad SMARTS) is 1. The van der Waals surface area contributed by atoms with Gasteiger partial charge in [-0.25, -0.2) is 0 Å². The number of carbonyl (C=O) groups is 2. The van der Waals surface area contributed by atoms with E-state index in [1.807, 2.05) is 6.07 Å². The lowest BCUT2D eigenvalue weighted by Crippen LogP contribution is -2.38. The number of amides is 1. The molecule has 0 spiro atoms. The molecular formula is C21H26N2O5. The van der Waals surface area contributed by atoms with Crippen molar-refractivity contribution in [2.75, 3.05) is 19.6 Å². The van der Waals surface area contributed by atoms with E-state index in [9.17, 15) is 15.0 Å². The van der Waals surface area contributed by atoms with Crippen molar-refractivity contribution in [3.63, 3.8) is 0 Å². The SMILES string of the molecule is O=C(NCC1CCN(Cc2ccccc2)CC1)c1ccc(O)c(O)c1.O=CO. The second-order valence-electron chi connectivity index (χ2n) is 6.72. The summed E-state index contributed by atoms with van der Waals surface area (Å²) in [4.78, 5) is 23.0. The summed E-state index contributed by atoms with van der Waals surface area (Å²) >= 11 is 0. The third-order valence-corrected chi connectivity index (χ3v) is 4.75.